The van der Waals surface area contributed by atoms with E-state index in [1.54, 1.807) is 0 Å². The van der Waals surface area contributed by atoms with E-state index in [4.69, 9.17) is 30.5 Å². The van der Waals surface area contributed by atoms with Crippen molar-refractivity contribution in [2.24, 2.45) is 0 Å². The maximum absolute atomic E-state index is 11.7. The molecule has 28 heavy (non-hydrogen) atoms. The number of fused-ring (bicyclic) bond motifs is 1. The Hall–Kier alpha value is -2.79. The van der Waals surface area contributed by atoms with Crippen molar-refractivity contribution in [3.8, 4) is 0 Å². The van der Waals surface area contributed by atoms with Crippen LogP contribution in [0.3, 0.4) is 0 Å². The van der Waals surface area contributed by atoms with Crippen LogP contribution in [-0.2, 0) is 33.3 Å². The fraction of sp³-hybridized carbons (Fsp3) is 0.500. The number of hydrogen-bond donors (Lipinski definition) is 0. The number of hydrogen-bond acceptors (Lipinski definition) is 10. The van der Waals surface area contributed by atoms with Crippen LogP contribution in [0.15, 0.2) is 12.7 Å². The van der Waals surface area contributed by atoms with Crippen LogP contribution in [0.1, 0.15) is 27.0 Å². The van der Waals surface area contributed by atoms with E-state index in [-0.39, 0.29) is 11.8 Å². The number of carbonyl (C=O) groups excluding carboxylic acids is 3. The van der Waals surface area contributed by atoms with Gasteiger partial charge in [0.15, 0.2) is 29.2 Å². The van der Waals surface area contributed by atoms with Crippen molar-refractivity contribution in [1.29, 1.82) is 0 Å². The van der Waals surface area contributed by atoms with Gasteiger partial charge in [0.1, 0.15) is 24.6 Å². The molecule has 1 saturated heterocycles. The highest BCUT2D eigenvalue weighted by molar-refractivity contribution is 6.33. The third-order valence-corrected chi connectivity index (χ3v) is 4.21. The van der Waals surface area contributed by atoms with Crippen molar-refractivity contribution in [3.63, 3.8) is 0 Å². The largest absolute Gasteiger partial charge is 0.463 e. The Bertz CT molecular complexity index is 918. The molecule has 0 N–H and O–H groups in total. The first-order valence-corrected chi connectivity index (χ1v) is 8.62. The van der Waals surface area contributed by atoms with Crippen LogP contribution in [0.2, 0.25) is 5.15 Å². The molecule has 150 valence electrons. The minimum Gasteiger partial charge on any atom is -0.463 e. The molecule has 2 aromatic heterocycles. The molecule has 0 amide bonds. The number of halogens is 1. The van der Waals surface area contributed by atoms with E-state index in [2.05, 4.69) is 15.0 Å². The standard InChI is InChI=1S/C16H17ClN4O7/c1-7(22)25-4-10-12(26-8(2)23)13(27-9(3)24)16(28-10)21-6-20-11-14(17)18-5-19-15(11)21/h5-6,10,12-13,16H,4H2,1-3H3/t10-,12-,13-,16+/m0/s1. The number of rotatable bonds is 5. The number of aromatic nitrogens is 4. The van der Waals surface area contributed by atoms with E-state index in [0.717, 1.165) is 0 Å². The summed E-state index contributed by atoms with van der Waals surface area (Å²) in [5, 5.41) is 0.138. The predicted octanol–water partition coefficient (Wildman–Crippen LogP) is 0.804. The Labute approximate surface area is 163 Å². The summed E-state index contributed by atoms with van der Waals surface area (Å²) in [4.78, 5) is 46.6. The van der Waals surface area contributed by atoms with Crippen molar-refractivity contribution < 1.29 is 33.3 Å². The monoisotopic (exact) mass is 412 g/mol. The average Bonchev–Trinajstić information content (AvgIpc) is 3.16. The number of carbonyl (C=O) groups is 3. The molecule has 0 saturated carbocycles. The minimum absolute atomic E-state index is 0.138. The van der Waals surface area contributed by atoms with Gasteiger partial charge in [0, 0.05) is 20.8 Å². The van der Waals surface area contributed by atoms with Crippen LogP contribution in [0.4, 0.5) is 0 Å². The van der Waals surface area contributed by atoms with Gasteiger partial charge in [-0.05, 0) is 0 Å². The van der Waals surface area contributed by atoms with Crippen molar-refractivity contribution in [2.75, 3.05) is 6.61 Å². The van der Waals surface area contributed by atoms with Crippen molar-refractivity contribution in [3.05, 3.63) is 17.8 Å². The molecule has 11 nitrogen and oxygen atoms in total. The maximum Gasteiger partial charge on any atom is 0.303 e. The molecule has 2 aromatic rings. The molecule has 3 heterocycles. The smallest absolute Gasteiger partial charge is 0.303 e. The normalized spacial score (nSPS) is 24.1. The molecular weight excluding hydrogens is 396 g/mol. The Morgan fingerprint density at radius 2 is 1.75 bits per heavy atom. The second-order valence-electron chi connectivity index (χ2n) is 6.00. The predicted molar refractivity (Wildman–Crippen MR) is 92.0 cm³/mol. The Kier molecular flexibility index (Phi) is 5.75. The Balaban J connectivity index is 2.01. The van der Waals surface area contributed by atoms with Crippen molar-refractivity contribution in [2.45, 2.75) is 45.3 Å². The fourth-order valence-electron chi connectivity index (χ4n) is 2.93. The van der Waals surface area contributed by atoms with Gasteiger partial charge in [-0.1, -0.05) is 11.6 Å². The zero-order valence-electron chi connectivity index (χ0n) is 15.2. The Morgan fingerprint density at radius 3 is 2.39 bits per heavy atom. The summed E-state index contributed by atoms with van der Waals surface area (Å²) in [6.07, 6.45) is -1.24. The molecular formula is C16H17ClN4O7. The zero-order chi connectivity index (χ0) is 20.4. The lowest BCUT2D eigenvalue weighted by molar-refractivity contribution is -0.166. The molecule has 0 unspecified atom stereocenters. The summed E-state index contributed by atoms with van der Waals surface area (Å²) < 4.78 is 23.1. The molecule has 1 fully saturated rings. The van der Waals surface area contributed by atoms with Crippen molar-refractivity contribution >= 4 is 40.7 Å². The molecule has 1 aliphatic rings. The van der Waals surface area contributed by atoms with E-state index in [9.17, 15) is 14.4 Å². The zero-order valence-corrected chi connectivity index (χ0v) is 16.0. The van der Waals surface area contributed by atoms with Gasteiger partial charge in [0.05, 0.1) is 6.33 Å². The maximum atomic E-state index is 11.7. The quantitative estimate of drug-likeness (QED) is 0.394. The van der Waals surface area contributed by atoms with E-state index in [1.807, 2.05) is 0 Å². The third kappa shape index (κ3) is 4.04. The SMILES string of the molecule is CC(=O)OC[C@@H]1O[C@@H](n2cnc3c(Cl)ncnc32)[C@@H](OC(C)=O)[C@H]1OC(C)=O. The highest BCUT2D eigenvalue weighted by atomic mass is 35.5. The lowest BCUT2D eigenvalue weighted by atomic mass is 10.1. The van der Waals surface area contributed by atoms with Crippen LogP contribution in [-0.4, -0.2) is 62.3 Å². The second kappa shape index (κ2) is 8.07. The van der Waals surface area contributed by atoms with Crippen molar-refractivity contribution in [1.82, 2.24) is 19.5 Å². The topological polar surface area (TPSA) is 132 Å². The van der Waals surface area contributed by atoms with Crippen LogP contribution >= 0.6 is 11.6 Å². The number of imidazole rings is 1. The molecule has 3 rings (SSSR count). The van der Waals surface area contributed by atoms with Crippen LogP contribution in [0.5, 0.6) is 0 Å². The average molecular weight is 413 g/mol. The van der Waals surface area contributed by atoms with Crippen LogP contribution < -0.4 is 0 Å². The summed E-state index contributed by atoms with van der Waals surface area (Å²) in [6, 6.07) is 0. The molecule has 1 aliphatic heterocycles. The summed E-state index contributed by atoms with van der Waals surface area (Å²) in [5.74, 6) is -1.76. The van der Waals surface area contributed by atoms with Crippen LogP contribution in [0, 0.1) is 0 Å². The molecule has 0 aliphatic carbocycles. The number of esters is 3. The fourth-order valence-corrected chi connectivity index (χ4v) is 3.10. The second-order valence-corrected chi connectivity index (χ2v) is 6.36. The third-order valence-electron chi connectivity index (χ3n) is 3.93. The summed E-state index contributed by atoms with van der Waals surface area (Å²) in [7, 11) is 0. The molecule has 0 radical (unpaired) electrons. The Morgan fingerprint density at radius 1 is 1.07 bits per heavy atom. The first-order valence-electron chi connectivity index (χ1n) is 8.24. The molecule has 4 atom stereocenters. The first kappa shape index (κ1) is 20.0. The van der Waals surface area contributed by atoms with E-state index >= 15 is 0 Å². The lowest BCUT2D eigenvalue weighted by Gasteiger charge is -2.23. The molecule has 12 heteroatoms. The molecule has 0 aromatic carbocycles. The summed E-state index contributed by atoms with van der Waals surface area (Å²) in [6.45, 7) is 3.45. The lowest BCUT2D eigenvalue weighted by Crippen LogP contribution is -2.40. The first-order chi connectivity index (χ1) is 13.3. The van der Waals surface area contributed by atoms with Gasteiger partial charge in [-0.25, -0.2) is 15.0 Å². The molecule has 0 spiro atoms. The van der Waals surface area contributed by atoms with Crippen LogP contribution in [0.25, 0.3) is 11.2 Å². The van der Waals surface area contributed by atoms with E-state index in [0.29, 0.717) is 11.2 Å². The highest BCUT2D eigenvalue weighted by Gasteiger charge is 2.51. The summed E-state index contributed by atoms with van der Waals surface area (Å²) >= 11 is 6.03. The van der Waals surface area contributed by atoms with Gasteiger partial charge in [-0.3, -0.25) is 19.0 Å². The van der Waals surface area contributed by atoms with Gasteiger partial charge in [-0.15, -0.1) is 0 Å². The molecule has 0 bridgehead atoms. The number of nitrogens with zero attached hydrogens (tertiary/aromatic N) is 4. The minimum atomic E-state index is -1.03. The highest BCUT2D eigenvalue weighted by Crippen LogP contribution is 2.36. The van der Waals surface area contributed by atoms with Gasteiger partial charge in [0.25, 0.3) is 0 Å². The van der Waals surface area contributed by atoms with Gasteiger partial charge >= 0.3 is 17.9 Å². The van der Waals surface area contributed by atoms with Gasteiger partial charge in [-0.2, -0.15) is 0 Å². The number of ether oxygens (including phenoxy) is 4. The van der Waals surface area contributed by atoms with E-state index < -0.39 is 42.4 Å². The van der Waals surface area contributed by atoms with E-state index in [1.165, 1.54) is 38.0 Å². The summed E-state index contributed by atoms with van der Waals surface area (Å²) in [5.41, 5.74) is 0.652. The van der Waals surface area contributed by atoms with Gasteiger partial charge in [0.2, 0.25) is 0 Å². The van der Waals surface area contributed by atoms with Gasteiger partial charge < -0.3 is 18.9 Å².